The maximum Gasteiger partial charge on any atom is 0.284 e. The Labute approximate surface area is 136 Å². The van der Waals surface area contributed by atoms with E-state index in [0.29, 0.717) is 0 Å². The van der Waals surface area contributed by atoms with E-state index in [1.807, 2.05) is 0 Å². The Kier molecular flexibility index (Phi) is 4.71. The van der Waals surface area contributed by atoms with Crippen LogP contribution < -0.4 is 5.32 Å². The molecule has 0 atom stereocenters. The summed E-state index contributed by atoms with van der Waals surface area (Å²) in [6.45, 7) is 0. The van der Waals surface area contributed by atoms with Gasteiger partial charge in [-0.2, -0.15) is 0 Å². The van der Waals surface area contributed by atoms with E-state index in [9.17, 15) is 14.9 Å². The molecule has 0 saturated heterocycles. The van der Waals surface area contributed by atoms with E-state index in [1.165, 1.54) is 12.1 Å². The third kappa shape index (κ3) is 3.46. The number of anilines is 1. The first-order chi connectivity index (χ1) is 9.90. The van der Waals surface area contributed by atoms with Crippen molar-refractivity contribution in [3.05, 3.63) is 54.9 Å². The molecule has 0 bridgehead atoms. The number of aromatic nitrogens is 2. The highest BCUT2D eigenvalue weighted by Crippen LogP contribution is 2.28. The average molecular weight is 392 g/mol. The van der Waals surface area contributed by atoms with Crippen LogP contribution >= 0.6 is 39.1 Å². The molecule has 0 aliphatic carbocycles. The molecule has 0 radical (unpaired) electrons. The Morgan fingerprint density at radius 1 is 1.33 bits per heavy atom. The molecule has 0 aliphatic rings. The summed E-state index contributed by atoms with van der Waals surface area (Å²) in [6, 6.07) is 3.96. The third-order valence-electron chi connectivity index (χ3n) is 2.38. The fourth-order valence-electron chi connectivity index (χ4n) is 1.41. The van der Waals surface area contributed by atoms with E-state index < -0.39 is 10.8 Å². The number of carbonyl (C=O) groups is 1. The molecule has 21 heavy (non-hydrogen) atoms. The molecule has 0 fully saturated rings. The molecule has 7 nitrogen and oxygen atoms in total. The summed E-state index contributed by atoms with van der Waals surface area (Å²) in [6.07, 6.45) is 1.13. The van der Waals surface area contributed by atoms with Gasteiger partial charge in [0.25, 0.3) is 11.6 Å². The number of nitro benzene ring substituents is 1. The van der Waals surface area contributed by atoms with Crippen molar-refractivity contribution in [3.63, 3.8) is 0 Å². The Morgan fingerprint density at radius 2 is 2.05 bits per heavy atom. The van der Waals surface area contributed by atoms with Crippen LogP contribution in [0.2, 0.25) is 10.2 Å². The number of halogens is 3. The van der Waals surface area contributed by atoms with Crippen LogP contribution in [0.15, 0.2) is 29.0 Å². The molecule has 2 rings (SSSR count). The van der Waals surface area contributed by atoms with Crippen LogP contribution in [0.4, 0.5) is 11.5 Å². The monoisotopic (exact) mass is 390 g/mol. The van der Waals surface area contributed by atoms with E-state index in [1.54, 1.807) is 0 Å². The fourth-order valence-corrected chi connectivity index (χ4v) is 2.08. The van der Waals surface area contributed by atoms with E-state index in [4.69, 9.17) is 23.2 Å². The van der Waals surface area contributed by atoms with Crippen molar-refractivity contribution in [1.29, 1.82) is 0 Å². The van der Waals surface area contributed by atoms with Gasteiger partial charge in [-0.05, 0) is 28.1 Å². The van der Waals surface area contributed by atoms with Gasteiger partial charge in [-0.25, -0.2) is 9.97 Å². The smallest absolute Gasteiger partial charge is 0.284 e. The second-order valence-electron chi connectivity index (χ2n) is 3.70. The van der Waals surface area contributed by atoms with Gasteiger partial charge >= 0.3 is 0 Å². The minimum absolute atomic E-state index is 0.0104. The number of benzene rings is 1. The van der Waals surface area contributed by atoms with Crippen molar-refractivity contribution in [2.24, 2.45) is 0 Å². The quantitative estimate of drug-likeness (QED) is 0.488. The highest BCUT2D eigenvalue weighted by molar-refractivity contribution is 9.10. The molecular formula is C11H5BrCl2N4O3. The molecule has 0 spiro atoms. The minimum Gasteiger partial charge on any atom is -0.305 e. The summed E-state index contributed by atoms with van der Waals surface area (Å²) in [5, 5.41) is 13.2. The third-order valence-corrected chi connectivity index (χ3v) is 3.80. The number of hydrogen-bond donors (Lipinski definition) is 1. The average Bonchev–Trinajstić information content (AvgIpc) is 2.44. The van der Waals surface area contributed by atoms with Gasteiger partial charge in [0.15, 0.2) is 11.0 Å². The molecule has 0 unspecified atom stereocenters. The molecule has 1 aromatic carbocycles. The van der Waals surface area contributed by atoms with Crippen molar-refractivity contribution in [1.82, 2.24) is 9.97 Å². The van der Waals surface area contributed by atoms with Gasteiger partial charge in [0.05, 0.1) is 9.40 Å². The van der Waals surface area contributed by atoms with Gasteiger partial charge in [-0.15, -0.1) is 0 Å². The number of nitrogens with one attached hydrogen (secondary N) is 1. The van der Waals surface area contributed by atoms with Gasteiger partial charge in [-0.3, -0.25) is 14.9 Å². The van der Waals surface area contributed by atoms with E-state index >= 15 is 0 Å². The van der Waals surface area contributed by atoms with E-state index in [2.05, 4.69) is 31.2 Å². The zero-order valence-corrected chi connectivity index (χ0v) is 13.1. The molecule has 108 valence electrons. The Balaban J connectivity index is 2.31. The summed E-state index contributed by atoms with van der Waals surface area (Å²) in [7, 11) is 0. The lowest BCUT2D eigenvalue weighted by Crippen LogP contribution is -2.14. The molecule has 1 amide bonds. The number of nitro groups is 1. The normalized spacial score (nSPS) is 10.2. The number of hydrogen-bond acceptors (Lipinski definition) is 5. The highest BCUT2D eigenvalue weighted by Gasteiger charge is 2.17. The van der Waals surface area contributed by atoms with Crippen LogP contribution in [0.3, 0.4) is 0 Å². The van der Waals surface area contributed by atoms with Gasteiger partial charge in [0.1, 0.15) is 11.3 Å². The van der Waals surface area contributed by atoms with Crippen LogP contribution in [0.5, 0.6) is 0 Å². The standard InChI is InChI=1S/C11H5BrCl2N4O3/c12-6-2-1-5(3-7(6)18(20)21)11(19)17-10-8(13)9(14)15-4-16-10/h1-4H,(H,15,16,17,19). The van der Waals surface area contributed by atoms with Crippen molar-refractivity contribution >= 4 is 56.5 Å². The van der Waals surface area contributed by atoms with Gasteiger partial charge in [0, 0.05) is 11.6 Å². The maximum absolute atomic E-state index is 12.1. The van der Waals surface area contributed by atoms with Crippen molar-refractivity contribution in [2.75, 3.05) is 5.32 Å². The summed E-state index contributed by atoms with van der Waals surface area (Å²) in [5.41, 5.74) is -0.148. The zero-order valence-electron chi connectivity index (χ0n) is 10.0. The fraction of sp³-hybridized carbons (Fsp3) is 0. The predicted molar refractivity (Wildman–Crippen MR) is 80.8 cm³/mol. The molecule has 2 aromatic rings. The number of rotatable bonds is 3. The second-order valence-corrected chi connectivity index (χ2v) is 5.29. The lowest BCUT2D eigenvalue weighted by molar-refractivity contribution is -0.385. The lowest BCUT2D eigenvalue weighted by atomic mass is 10.2. The first kappa shape index (κ1) is 15.6. The van der Waals surface area contributed by atoms with Crippen LogP contribution in [0.25, 0.3) is 0 Å². The number of carbonyl (C=O) groups excluding carboxylic acids is 1. The van der Waals surface area contributed by atoms with Crippen LogP contribution in [0.1, 0.15) is 10.4 Å². The van der Waals surface area contributed by atoms with E-state index in [-0.39, 0.29) is 31.7 Å². The van der Waals surface area contributed by atoms with Crippen molar-refractivity contribution in [2.45, 2.75) is 0 Å². The Morgan fingerprint density at radius 3 is 2.71 bits per heavy atom. The minimum atomic E-state index is -0.609. The van der Waals surface area contributed by atoms with E-state index in [0.717, 1.165) is 12.4 Å². The molecule has 10 heteroatoms. The molecule has 0 saturated carbocycles. The van der Waals surface area contributed by atoms with Crippen molar-refractivity contribution < 1.29 is 9.72 Å². The largest absolute Gasteiger partial charge is 0.305 e. The zero-order chi connectivity index (χ0) is 15.6. The molecular weight excluding hydrogens is 387 g/mol. The Bertz CT molecular complexity index is 741. The molecule has 1 N–H and O–H groups in total. The number of nitrogens with zero attached hydrogens (tertiary/aromatic N) is 3. The van der Waals surface area contributed by atoms with Gasteiger partial charge in [0.2, 0.25) is 0 Å². The highest BCUT2D eigenvalue weighted by atomic mass is 79.9. The Hall–Kier alpha value is -1.77. The molecule has 1 heterocycles. The second kappa shape index (κ2) is 6.33. The van der Waals surface area contributed by atoms with Crippen LogP contribution in [-0.4, -0.2) is 20.8 Å². The topological polar surface area (TPSA) is 98.0 Å². The van der Waals surface area contributed by atoms with Gasteiger partial charge in [-0.1, -0.05) is 23.2 Å². The van der Waals surface area contributed by atoms with Crippen LogP contribution in [-0.2, 0) is 0 Å². The summed E-state index contributed by atoms with van der Waals surface area (Å²) < 4.78 is 0.271. The lowest BCUT2D eigenvalue weighted by Gasteiger charge is -2.06. The maximum atomic E-state index is 12.1. The van der Waals surface area contributed by atoms with Gasteiger partial charge < -0.3 is 5.32 Å². The predicted octanol–water partition coefficient (Wildman–Crippen LogP) is 3.71. The molecule has 1 aromatic heterocycles. The number of amides is 1. The summed E-state index contributed by atoms with van der Waals surface area (Å²) in [5.74, 6) is -0.588. The SMILES string of the molecule is O=C(Nc1ncnc(Cl)c1Cl)c1ccc(Br)c([N+](=O)[O-])c1. The summed E-state index contributed by atoms with van der Waals surface area (Å²) in [4.78, 5) is 29.7. The van der Waals surface area contributed by atoms with Crippen LogP contribution in [0, 0.1) is 10.1 Å². The van der Waals surface area contributed by atoms with Crippen molar-refractivity contribution in [3.8, 4) is 0 Å². The first-order valence-electron chi connectivity index (χ1n) is 5.31. The summed E-state index contributed by atoms with van der Waals surface area (Å²) >= 11 is 14.6. The first-order valence-corrected chi connectivity index (χ1v) is 6.86. The molecule has 0 aliphatic heterocycles.